The number of nitrogens with zero attached hydrogens (tertiary/aromatic N) is 2. The fourth-order valence-electron chi connectivity index (χ4n) is 2.20. The van der Waals surface area contributed by atoms with Gasteiger partial charge in [0.1, 0.15) is 12.6 Å². The molecular weight excluding hydrogens is 242 g/mol. The average Bonchev–Trinajstić information content (AvgIpc) is 2.40. The molecule has 1 saturated heterocycles. The molecule has 2 amide bonds. The van der Waals surface area contributed by atoms with Crippen molar-refractivity contribution in [3.05, 3.63) is 24.0 Å². The SMILES string of the molecule is CCC(C)C1NC(=O)CN(c2cncc(C)c2)C1=O. The number of nitrogens with one attached hydrogen (secondary N) is 1. The van der Waals surface area contributed by atoms with E-state index in [4.69, 9.17) is 0 Å². The maximum Gasteiger partial charge on any atom is 0.250 e. The highest BCUT2D eigenvalue weighted by Crippen LogP contribution is 2.21. The van der Waals surface area contributed by atoms with Crippen LogP contribution in [0.15, 0.2) is 18.5 Å². The topological polar surface area (TPSA) is 62.3 Å². The number of pyridine rings is 1. The van der Waals surface area contributed by atoms with Crippen molar-refractivity contribution in [3.63, 3.8) is 0 Å². The fourth-order valence-corrected chi connectivity index (χ4v) is 2.20. The van der Waals surface area contributed by atoms with Crippen molar-refractivity contribution < 1.29 is 9.59 Å². The summed E-state index contributed by atoms with van der Waals surface area (Å²) in [5.74, 6) is -0.0511. The molecule has 2 heterocycles. The largest absolute Gasteiger partial charge is 0.342 e. The van der Waals surface area contributed by atoms with Gasteiger partial charge in [0.05, 0.1) is 11.9 Å². The van der Waals surface area contributed by atoms with Gasteiger partial charge in [-0.15, -0.1) is 0 Å². The van der Waals surface area contributed by atoms with Gasteiger partial charge in [0, 0.05) is 6.20 Å². The van der Waals surface area contributed by atoms with Gasteiger partial charge in [0.15, 0.2) is 0 Å². The number of rotatable bonds is 3. The lowest BCUT2D eigenvalue weighted by molar-refractivity contribution is -0.132. The van der Waals surface area contributed by atoms with Gasteiger partial charge >= 0.3 is 0 Å². The third kappa shape index (κ3) is 2.75. The first-order valence-corrected chi connectivity index (χ1v) is 6.55. The molecule has 0 saturated carbocycles. The van der Waals surface area contributed by atoms with E-state index in [9.17, 15) is 9.59 Å². The summed E-state index contributed by atoms with van der Waals surface area (Å²) in [6.45, 7) is 5.96. The number of hydrogen-bond donors (Lipinski definition) is 1. The Morgan fingerprint density at radius 2 is 2.21 bits per heavy atom. The van der Waals surface area contributed by atoms with Crippen LogP contribution < -0.4 is 10.2 Å². The van der Waals surface area contributed by atoms with Crippen molar-refractivity contribution in [3.8, 4) is 0 Å². The van der Waals surface area contributed by atoms with E-state index in [1.165, 1.54) is 4.90 Å². The molecular formula is C14H19N3O2. The summed E-state index contributed by atoms with van der Waals surface area (Å²) in [5, 5.41) is 2.78. The van der Waals surface area contributed by atoms with Crippen molar-refractivity contribution in [1.29, 1.82) is 0 Å². The van der Waals surface area contributed by atoms with Crippen LogP contribution in [0.5, 0.6) is 0 Å². The van der Waals surface area contributed by atoms with E-state index in [1.54, 1.807) is 12.4 Å². The first kappa shape index (κ1) is 13.5. The summed E-state index contributed by atoms with van der Waals surface area (Å²) in [4.78, 5) is 29.9. The first-order chi connectivity index (χ1) is 9.02. The molecule has 1 N–H and O–H groups in total. The molecule has 0 radical (unpaired) electrons. The van der Waals surface area contributed by atoms with Gasteiger partial charge in [-0.2, -0.15) is 0 Å². The number of aryl methyl sites for hydroxylation is 1. The zero-order valence-electron chi connectivity index (χ0n) is 11.5. The van der Waals surface area contributed by atoms with E-state index in [0.717, 1.165) is 12.0 Å². The number of aromatic nitrogens is 1. The predicted octanol–water partition coefficient (Wildman–Crippen LogP) is 1.27. The maximum atomic E-state index is 12.5. The van der Waals surface area contributed by atoms with Crippen LogP contribution in [0.3, 0.4) is 0 Å². The second-order valence-electron chi connectivity index (χ2n) is 5.08. The van der Waals surface area contributed by atoms with Gasteiger partial charge in [-0.25, -0.2) is 0 Å². The van der Waals surface area contributed by atoms with Crippen molar-refractivity contribution in [1.82, 2.24) is 10.3 Å². The summed E-state index contributed by atoms with van der Waals surface area (Å²) in [7, 11) is 0. The molecule has 5 nitrogen and oxygen atoms in total. The van der Waals surface area contributed by atoms with Gasteiger partial charge in [-0.05, 0) is 24.5 Å². The number of piperazine rings is 1. The van der Waals surface area contributed by atoms with E-state index in [-0.39, 0.29) is 24.3 Å². The molecule has 1 aliphatic rings. The number of carbonyl (C=O) groups excluding carboxylic acids is 2. The second-order valence-corrected chi connectivity index (χ2v) is 5.08. The molecule has 1 aromatic rings. The standard InChI is InChI=1S/C14H19N3O2/c1-4-10(3)13-14(19)17(8-12(18)16-13)11-5-9(2)6-15-7-11/h5-7,10,13H,4,8H2,1-3H3,(H,16,18). The van der Waals surface area contributed by atoms with Crippen LogP contribution in [0.4, 0.5) is 5.69 Å². The quantitative estimate of drug-likeness (QED) is 0.891. The van der Waals surface area contributed by atoms with Gasteiger partial charge in [0.2, 0.25) is 11.8 Å². The molecule has 1 fully saturated rings. The highest BCUT2D eigenvalue weighted by Gasteiger charge is 2.36. The summed E-state index contributed by atoms with van der Waals surface area (Å²) >= 11 is 0. The lowest BCUT2D eigenvalue weighted by Crippen LogP contribution is -2.60. The van der Waals surface area contributed by atoms with Crippen LogP contribution in [-0.2, 0) is 9.59 Å². The van der Waals surface area contributed by atoms with E-state index in [1.807, 2.05) is 26.8 Å². The third-order valence-corrected chi connectivity index (χ3v) is 3.54. The molecule has 0 aromatic carbocycles. The maximum absolute atomic E-state index is 12.5. The van der Waals surface area contributed by atoms with Gasteiger partial charge in [-0.3, -0.25) is 19.5 Å². The third-order valence-electron chi connectivity index (χ3n) is 3.54. The van der Waals surface area contributed by atoms with Crippen molar-refractivity contribution in [2.45, 2.75) is 33.2 Å². The second kappa shape index (κ2) is 5.38. The molecule has 0 aliphatic carbocycles. The number of hydrogen-bond acceptors (Lipinski definition) is 3. The van der Waals surface area contributed by atoms with Crippen molar-refractivity contribution in [2.75, 3.05) is 11.4 Å². The Kier molecular flexibility index (Phi) is 3.83. The lowest BCUT2D eigenvalue weighted by atomic mass is 9.96. The molecule has 102 valence electrons. The minimum absolute atomic E-state index is 0.0543. The monoisotopic (exact) mass is 261 g/mol. The normalized spacial score (nSPS) is 21.2. The van der Waals surface area contributed by atoms with Crippen molar-refractivity contribution in [2.24, 2.45) is 5.92 Å². The highest BCUT2D eigenvalue weighted by molar-refractivity contribution is 6.06. The number of anilines is 1. The van der Waals surface area contributed by atoms with Crippen LogP contribution in [0, 0.1) is 12.8 Å². The van der Waals surface area contributed by atoms with Crippen LogP contribution in [0.1, 0.15) is 25.8 Å². The number of carbonyl (C=O) groups is 2. The van der Waals surface area contributed by atoms with E-state index < -0.39 is 6.04 Å². The highest BCUT2D eigenvalue weighted by atomic mass is 16.2. The molecule has 2 atom stereocenters. The van der Waals surface area contributed by atoms with Gasteiger partial charge < -0.3 is 5.32 Å². The smallest absolute Gasteiger partial charge is 0.250 e. The first-order valence-electron chi connectivity index (χ1n) is 6.55. The summed E-state index contributed by atoms with van der Waals surface area (Å²) in [5.41, 5.74) is 1.66. The van der Waals surface area contributed by atoms with Crippen LogP contribution in [-0.4, -0.2) is 29.4 Å². The van der Waals surface area contributed by atoms with Gasteiger partial charge in [0.25, 0.3) is 0 Å². The zero-order chi connectivity index (χ0) is 14.0. The summed E-state index contributed by atoms with van der Waals surface area (Å²) < 4.78 is 0. The van der Waals surface area contributed by atoms with Gasteiger partial charge in [-0.1, -0.05) is 20.3 Å². The molecule has 1 aliphatic heterocycles. The zero-order valence-corrected chi connectivity index (χ0v) is 11.5. The summed E-state index contributed by atoms with van der Waals surface area (Å²) in [6.07, 6.45) is 4.19. The molecule has 19 heavy (non-hydrogen) atoms. The number of amides is 2. The molecule has 2 rings (SSSR count). The molecule has 2 unspecified atom stereocenters. The summed E-state index contributed by atoms with van der Waals surface area (Å²) in [6, 6.07) is 1.43. The van der Waals surface area contributed by atoms with Crippen LogP contribution in [0.25, 0.3) is 0 Å². The van der Waals surface area contributed by atoms with Crippen molar-refractivity contribution >= 4 is 17.5 Å². The Balaban J connectivity index is 2.29. The Hall–Kier alpha value is -1.91. The Morgan fingerprint density at radius 3 is 2.84 bits per heavy atom. The molecule has 0 bridgehead atoms. The van der Waals surface area contributed by atoms with E-state index in [2.05, 4.69) is 10.3 Å². The average molecular weight is 261 g/mol. The predicted molar refractivity (Wildman–Crippen MR) is 72.7 cm³/mol. The Bertz CT molecular complexity index is 501. The molecule has 5 heteroatoms. The Labute approximate surface area is 113 Å². The molecule has 1 aromatic heterocycles. The van der Waals surface area contributed by atoms with Crippen LogP contribution in [0.2, 0.25) is 0 Å². The van der Waals surface area contributed by atoms with E-state index >= 15 is 0 Å². The van der Waals surface area contributed by atoms with E-state index in [0.29, 0.717) is 5.69 Å². The minimum atomic E-state index is -0.438. The van der Waals surface area contributed by atoms with Crippen LogP contribution >= 0.6 is 0 Å². The fraction of sp³-hybridized carbons (Fsp3) is 0.500. The molecule has 0 spiro atoms. The lowest BCUT2D eigenvalue weighted by Gasteiger charge is -2.35. The minimum Gasteiger partial charge on any atom is -0.342 e. The Morgan fingerprint density at radius 1 is 1.47 bits per heavy atom.